The summed E-state index contributed by atoms with van der Waals surface area (Å²) >= 11 is 0. The van der Waals surface area contributed by atoms with E-state index in [9.17, 15) is 0 Å². The summed E-state index contributed by atoms with van der Waals surface area (Å²) in [6.07, 6.45) is 7.71. The van der Waals surface area contributed by atoms with E-state index in [-0.39, 0.29) is 0 Å². The van der Waals surface area contributed by atoms with E-state index in [1.54, 1.807) is 6.33 Å². The third-order valence-corrected chi connectivity index (χ3v) is 3.50. The van der Waals surface area contributed by atoms with Gasteiger partial charge in [-0.2, -0.15) is 0 Å². The predicted octanol–water partition coefficient (Wildman–Crippen LogP) is 2.55. The molecule has 0 atom stereocenters. The fourth-order valence-corrected chi connectivity index (χ4v) is 2.40. The molecule has 1 aliphatic rings. The van der Waals surface area contributed by atoms with Gasteiger partial charge in [-0.3, -0.25) is 0 Å². The number of hydrogen-bond donors (Lipinski definition) is 1. The third-order valence-electron chi connectivity index (χ3n) is 3.50. The van der Waals surface area contributed by atoms with Gasteiger partial charge in [-0.15, -0.1) is 0 Å². The van der Waals surface area contributed by atoms with Gasteiger partial charge in [-0.05, 0) is 51.7 Å². The molecule has 1 aliphatic heterocycles. The third kappa shape index (κ3) is 5.33. The molecule has 0 aromatic carbocycles. The normalized spacial score (nSPS) is 15.4. The second kappa shape index (κ2) is 8.74. The monoisotopic (exact) mass is 278 g/mol. The number of nitrogens with zero attached hydrogens (tertiary/aromatic N) is 3. The van der Waals surface area contributed by atoms with Gasteiger partial charge in [0.2, 0.25) is 5.88 Å². The molecule has 0 spiro atoms. The highest BCUT2D eigenvalue weighted by Crippen LogP contribution is 2.12. The minimum Gasteiger partial charge on any atom is -0.478 e. The number of unbranched alkanes of at least 4 members (excludes halogenated alkanes) is 1. The van der Waals surface area contributed by atoms with Crippen LogP contribution in [0.3, 0.4) is 0 Å². The van der Waals surface area contributed by atoms with Crippen LogP contribution in [0.1, 0.15) is 39.0 Å². The maximum atomic E-state index is 5.49. The maximum absolute atomic E-state index is 5.49. The summed E-state index contributed by atoms with van der Waals surface area (Å²) in [6, 6.07) is 1.87. The van der Waals surface area contributed by atoms with Crippen molar-refractivity contribution in [2.75, 3.05) is 38.1 Å². The summed E-state index contributed by atoms with van der Waals surface area (Å²) in [5.74, 6) is 1.51. The van der Waals surface area contributed by atoms with Crippen molar-refractivity contribution in [3.05, 3.63) is 12.4 Å². The van der Waals surface area contributed by atoms with Crippen molar-refractivity contribution in [1.29, 1.82) is 0 Å². The maximum Gasteiger partial charge on any atom is 0.218 e. The topological polar surface area (TPSA) is 50.3 Å². The van der Waals surface area contributed by atoms with E-state index in [1.807, 2.05) is 6.07 Å². The second-order valence-electron chi connectivity index (χ2n) is 5.27. The summed E-state index contributed by atoms with van der Waals surface area (Å²) in [5.41, 5.74) is 0. The molecule has 0 unspecified atom stereocenters. The molecule has 0 amide bonds. The zero-order valence-corrected chi connectivity index (χ0v) is 12.5. The quantitative estimate of drug-likeness (QED) is 0.704. The van der Waals surface area contributed by atoms with Crippen molar-refractivity contribution in [2.45, 2.75) is 39.0 Å². The fraction of sp³-hybridized carbons (Fsp3) is 0.733. The Morgan fingerprint density at radius 2 is 2.10 bits per heavy atom. The van der Waals surface area contributed by atoms with E-state index in [0.29, 0.717) is 12.5 Å². The molecule has 1 fully saturated rings. The van der Waals surface area contributed by atoms with Crippen LogP contribution in [-0.2, 0) is 0 Å². The molecular weight excluding hydrogens is 252 g/mol. The lowest BCUT2D eigenvalue weighted by atomic mass is 10.3. The Labute approximate surface area is 121 Å². The summed E-state index contributed by atoms with van der Waals surface area (Å²) in [4.78, 5) is 10.9. The van der Waals surface area contributed by atoms with E-state index in [4.69, 9.17) is 4.74 Å². The van der Waals surface area contributed by atoms with Gasteiger partial charge in [0.25, 0.3) is 0 Å². The minimum atomic E-state index is 0.654. The molecule has 1 aromatic heterocycles. The van der Waals surface area contributed by atoms with Gasteiger partial charge in [-0.1, -0.05) is 6.92 Å². The van der Waals surface area contributed by atoms with Gasteiger partial charge < -0.3 is 15.0 Å². The molecule has 20 heavy (non-hydrogen) atoms. The molecule has 0 aliphatic carbocycles. The van der Waals surface area contributed by atoms with Crippen LogP contribution in [0.25, 0.3) is 0 Å². The summed E-state index contributed by atoms with van der Waals surface area (Å²) < 4.78 is 5.49. The average molecular weight is 278 g/mol. The van der Waals surface area contributed by atoms with Crippen LogP contribution in [0.2, 0.25) is 0 Å². The van der Waals surface area contributed by atoms with Crippen molar-refractivity contribution in [3.8, 4) is 5.88 Å². The SMILES string of the molecule is CCCOc1cc(NCCCCN2CCCC2)ncn1. The number of aromatic nitrogens is 2. The second-order valence-corrected chi connectivity index (χ2v) is 5.27. The lowest BCUT2D eigenvalue weighted by Crippen LogP contribution is -2.20. The highest BCUT2D eigenvalue weighted by atomic mass is 16.5. The van der Waals surface area contributed by atoms with E-state index >= 15 is 0 Å². The molecule has 1 N–H and O–H groups in total. The molecule has 1 saturated heterocycles. The molecule has 1 aromatic rings. The Bertz CT molecular complexity index is 380. The van der Waals surface area contributed by atoms with Crippen molar-refractivity contribution >= 4 is 5.82 Å². The van der Waals surface area contributed by atoms with Crippen LogP contribution in [0.15, 0.2) is 12.4 Å². The highest BCUT2D eigenvalue weighted by molar-refractivity contribution is 5.36. The predicted molar refractivity (Wildman–Crippen MR) is 81.2 cm³/mol. The van der Waals surface area contributed by atoms with Crippen LogP contribution in [0.4, 0.5) is 5.82 Å². The van der Waals surface area contributed by atoms with E-state index in [1.165, 1.54) is 45.3 Å². The first kappa shape index (κ1) is 15.0. The molecule has 5 nitrogen and oxygen atoms in total. The first-order chi connectivity index (χ1) is 9.88. The number of anilines is 1. The molecule has 0 radical (unpaired) electrons. The Hall–Kier alpha value is -1.36. The number of nitrogens with one attached hydrogen (secondary N) is 1. The standard InChI is InChI=1S/C15H26N4O/c1-2-11-20-15-12-14(17-13-18-15)16-7-3-4-8-19-9-5-6-10-19/h12-13H,2-11H2,1H3,(H,16,17,18). The smallest absolute Gasteiger partial charge is 0.218 e. The lowest BCUT2D eigenvalue weighted by molar-refractivity contribution is 0.305. The average Bonchev–Trinajstić information content (AvgIpc) is 2.98. The number of likely N-dealkylation sites (tertiary alicyclic amines) is 1. The van der Waals surface area contributed by atoms with Crippen molar-refractivity contribution < 1.29 is 4.74 Å². The summed E-state index contributed by atoms with van der Waals surface area (Å²) in [7, 11) is 0. The Balaban J connectivity index is 1.60. The van der Waals surface area contributed by atoms with E-state index in [2.05, 4.69) is 27.1 Å². The Morgan fingerprint density at radius 1 is 1.25 bits per heavy atom. The molecule has 112 valence electrons. The van der Waals surface area contributed by atoms with Gasteiger partial charge in [0, 0.05) is 12.6 Å². The first-order valence-corrected chi connectivity index (χ1v) is 7.79. The Morgan fingerprint density at radius 3 is 2.90 bits per heavy atom. The largest absolute Gasteiger partial charge is 0.478 e. The van der Waals surface area contributed by atoms with Crippen molar-refractivity contribution in [1.82, 2.24) is 14.9 Å². The van der Waals surface area contributed by atoms with Crippen molar-refractivity contribution in [3.63, 3.8) is 0 Å². The lowest BCUT2D eigenvalue weighted by Gasteiger charge is -2.14. The van der Waals surface area contributed by atoms with Gasteiger partial charge in [0.15, 0.2) is 0 Å². The van der Waals surface area contributed by atoms with Gasteiger partial charge in [0.05, 0.1) is 6.61 Å². The molecule has 2 heterocycles. The van der Waals surface area contributed by atoms with Crippen LogP contribution < -0.4 is 10.1 Å². The molecule has 2 rings (SSSR count). The molecular formula is C15H26N4O. The molecule has 5 heteroatoms. The van der Waals surface area contributed by atoms with Crippen molar-refractivity contribution in [2.24, 2.45) is 0 Å². The minimum absolute atomic E-state index is 0.654. The molecule has 0 bridgehead atoms. The Kier molecular flexibility index (Phi) is 6.57. The summed E-state index contributed by atoms with van der Waals surface area (Å²) in [6.45, 7) is 7.55. The first-order valence-electron chi connectivity index (χ1n) is 7.79. The van der Waals surface area contributed by atoms with Crippen LogP contribution in [0.5, 0.6) is 5.88 Å². The van der Waals surface area contributed by atoms with Crippen LogP contribution in [-0.4, -0.2) is 47.7 Å². The van der Waals surface area contributed by atoms with Gasteiger partial charge in [0.1, 0.15) is 12.1 Å². The van der Waals surface area contributed by atoms with Crippen LogP contribution >= 0.6 is 0 Å². The number of rotatable bonds is 9. The number of ether oxygens (including phenoxy) is 1. The fourth-order valence-electron chi connectivity index (χ4n) is 2.40. The zero-order chi connectivity index (χ0) is 14.0. The van der Waals surface area contributed by atoms with Gasteiger partial charge in [-0.25, -0.2) is 9.97 Å². The molecule has 0 saturated carbocycles. The summed E-state index contributed by atoms with van der Waals surface area (Å²) in [5, 5.41) is 3.34. The van der Waals surface area contributed by atoms with Crippen LogP contribution in [0, 0.1) is 0 Å². The highest BCUT2D eigenvalue weighted by Gasteiger charge is 2.09. The van der Waals surface area contributed by atoms with E-state index in [0.717, 1.165) is 18.8 Å². The number of hydrogen-bond acceptors (Lipinski definition) is 5. The van der Waals surface area contributed by atoms with E-state index < -0.39 is 0 Å². The zero-order valence-electron chi connectivity index (χ0n) is 12.5. The van der Waals surface area contributed by atoms with Gasteiger partial charge >= 0.3 is 0 Å².